The standard InChI is InChI=1S/C22H26N4O/c1-16(2)18-9-7-17(8-10-18)15-25-11-13-26(14-12-25)22(27)21-19-5-3-4-6-20(19)23-24-21/h3-10,16H,11-15H2,1-2H3,(H,23,24)/p+1. The topological polar surface area (TPSA) is 53.4 Å². The third-order valence-corrected chi connectivity index (χ3v) is 5.53. The van der Waals surface area contributed by atoms with E-state index >= 15 is 0 Å². The van der Waals surface area contributed by atoms with E-state index in [2.05, 4.69) is 48.3 Å². The minimum atomic E-state index is 0.0350. The van der Waals surface area contributed by atoms with Crippen LogP contribution >= 0.6 is 0 Å². The number of nitrogens with one attached hydrogen (secondary N) is 2. The summed E-state index contributed by atoms with van der Waals surface area (Å²) in [6.07, 6.45) is 0. The van der Waals surface area contributed by atoms with Crippen LogP contribution in [0.25, 0.3) is 10.9 Å². The average Bonchev–Trinajstić information content (AvgIpc) is 3.12. The Labute approximate surface area is 160 Å². The zero-order valence-corrected chi connectivity index (χ0v) is 16.0. The molecule has 3 aromatic rings. The maximum absolute atomic E-state index is 12.9. The lowest BCUT2D eigenvalue weighted by Crippen LogP contribution is -3.13. The van der Waals surface area contributed by atoms with Crippen LogP contribution in [-0.2, 0) is 6.54 Å². The van der Waals surface area contributed by atoms with Crippen LogP contribution in [0, 0.1) is 0 Å². The molecule has 0 spiro atoms. The highest BCUT2D eigenvalue weighted by molar-refractivity contribution is 6.04. The van der Waals surface area contributed by atoms with Gasteiger partial charge in [-0.2, -0.15) is 5.10 Å². The van der Waals surface area contributed by atoms with E-state index < -0.39 is 0 Å². The number of quaternary nitrogens is 1. The molecule has 0 bridgehead atoms. The molecule has 1 aromatic heterocycles. The smallest absolute Gasteiger partial charge is 0.275 e. The van der Waals surface area contributed by atoms with Gasteiger partial charge < -0.3 is 9.80 Å². The summed E-state index contributed by atoms with van der Waals surface area (Å²) in [5.41, 5.74) is 4.20. The molecule has 27 heavy (non-hydrogen) atoms. The lowest BCUT2D eigenvalue weighted by atomic mass is 10.0. The first-order valence-corrected chi connectivity index (χ1v) is 9.76. The second kappa shape index (κ2) is 7.53. The number of para-hydroxylation sites is 1. The van der Waals surface area contributed by atoms with Crippen LogP contribution in [0.3, 0.4) is 0 Å². The minimum Gasteiger partial charge on any atom is -0.328 e. The Morgan fingerprint density at radius 3 is 2.52 bits per heavy atom. The molecule has 5 nitrogen and oxygen atoms in total. The molecule has 140 valence electrons. The summed E-state index contributed by atoms with van der Waals surface area (Å²) in [7, 11) is 0. The fourth-order valence-electron chi connectivity index (χ4n) is 3.79. The van der Waals surface area contributed by atoms with E-state index in [0.717, 1.165) is 43.6 Å². The van der Waals surface area contributed by atoms with Crippen molar-refractivity contribution in [3.05, 3.63) is 65.4 Å². The molecule has 2 N–H and O–H groups in total. The van der Waals surface area contributed by atoms with Crippen molar-refractivity contribution in [3.63, 3.8) is 0 Å². The van der Waals surface area contributed by atoms with E-state index in [4.69, 9.17) is 0 Å². The Kier molecular flexibility index (Phi) is 4.94. The van der Waals surface area contributed by atoms with Gasteiger partial charge in [-0.15, -0.1) is 0 Å². The van der Waals surface area contributed by atoms with Gasteiger partial charge in [-0.05, 0) is 17.5 Å². The number of carbonyl (C=O) groups is 1. The highest BCUT2D eigenvalue weighted by atomic mass is 16.2. The number of hydrogen-bond acceptors (Lipinski definition) is 2. The highest BCUT2D eigenvalue weighted by Gasteiger charge is 2.27. The number of nitrogens with zero attached hydrogens (tertiary/aromatic N) is 2. The third kappa shape index (κ3) is 3.74. The minimum absolute atomic E-state index is 0.0350. The predicted molar refractivity (Wildman–Crippen MR) is 107 cm³/mol. The number of aromatic nitrogens is 2. The van der Waals surface area contributed by atoms with Crippen molar-refractivity contribution in [1.82, 2.24) is 15.1 Å². The van der Waals surface area contributed by atoms with Gasteiger partial charge in [-0.25, -0.2) is 0 Å². The zero-order chi connectivity index (χ0) is 18.8. The van der Waals surface area contributed by atoms with Crippen molar-refractivity contribution in [2.75, 3.05) is 26.2 Å². The number of hydrogen-bond donors (Lipinski definition) is 2. The van der Waals surface area contributed by atoms with E-state index in [1.54, 1.807) is 0 Å². The highest BCUT2D eigenvalue weighted by Crippen LogP contribution is 2.17. The summed E-state index contributed by atoms with van der Waals surface area (Å²) in [4.78, 5) is 16.3. The van der Waals surface area contributed by atoms with Crippen LogP contribution < -0.4 is 4.90 Å². The van der Waals surface area contributed by atoms with Crippen molar-refractivity contribution < 1.29 is 9.69 Å². The number of H-pyrrole nitrogens is 1. The maximum atomic E-state index is 12.9. The number of fused-ring (bicyclic) bond motifs is 1. The molecule has 0 aliphatic carbocycles. The molecule has 5 heteroatoms. The van der Waals surface area contributed by atoms with Crippen molar-refractivity contribution >= 4 is 16.8 Å². The second-order valence-corrected chi connectivity index (χ2v) is 7.73. The van der Waals surface area contributed by atoms with Gasteiger partial charge in [0.2, 0.25) is 0 Å². The number of benzene rings is 2. The lowest BCUT2D eigenvalue weighted by molar-refractivity contribution is -0.917. The molecule has 4 rings (SSSR count). The van der Waals surface area contributed by atoms with E-state index in [1.165, 1.54) is 16.0 Å². The maximum Gasteiger partial charge on any atom is 0.275 e. The molecular weight excluding hydrogens is 336 g/mol. The lowest BCUT2D eigenvalue weighted by Gasteiger charge is -2.32. The molecule has 0 saturated carbocycles. The molecule has 1 aliphatic rings. The number of aromatic amines is 1. The number of carbonyl (C=O) groups excluding carboxylic acids is 1. The largest absolute Gasteiger partial charge is 0.328 e. The van der Waals surface area contributed by atoms with Gasteiger partial charge in [0.05, 0.1) is 31.7 Å². The van der Waals surface area contributed by atoms with Crippen molar-refractivity contribution in [2.24, 2.45) is 0 Å². The average molecular weight is 363 g/mol. The van der Waals surface area contributed by atoms with Gasteiger partial charge in [0.25, 0.3) is 5.91 Å². The summed E-state index contributed by atoms with van der Waals surface area (Å²) >= 11 is 0. The van der Waals surface area contributed by atoms with E-state index in [-0.39, 0.29) is 5.91 Å². The zero-order valence-electron chi connectivity index (χ0n) is 16.0. The Morgan fingerprint density at radius 2 is 1.81 bits per heavy atom. The molecule has 0 radical (unpaired) electrons. The summed E-state index contributed by atoms with van der Waals surface area (Å²) in [6, 6.07) is 16.8. The van der Waals surface area contributed by atoms with E-state index in [9.17, 15) is 4.79 Å². The summed E-state index contributed by atoms with van der Waals surface area (Å²) in [5, 5.41) is 8.12. The number of rotatable bonds is 4. The van der Waals surface area contributed by atoms with Crippen LogP contribution in [0.5, 0.6) is 0 Å². The van der Waals surface area contributed by atoms with Crippen molar-refractivity contribution in [3.8, 4) is 0 Å². The Hall–Kier alpha value is -2.66. The van der Waals surface area contributed by atoms with Crippen LogP contribution in [0.1, 0.15) is 41.4 Å². The normalized spacial score (nSPS) is 15.6. The molecular formula is C22H27N4O+. The van der Waals surface area contributed by atoms with Gasteiger partial charge in [-0.1, -0.05) is 56.3 Å². The second-order valence-electron chi connectivity index (χ2n) is 7.73. The van der Waals surface area contributed by atoms with Gasteiger partial charge in [-0.3, -0.25) is 9.89 Å². The van der Waals surface area contributed by atoms with Crippen molar-refractivity contribution in [2.45, 2.75) is 26.3 Å². The van der Waals surface area contributed by atoms with Crippen molar-refractivity contribution in [1.29, 1.82) is 0 Å². The van der Waals surface area contributed by atoms with E-state index in [0.29, 0.717) is 11.6 Å². The predicted octanol–water partition coefficient (Wildman–Crippen LogP) is 2.23. The molecule has 0 unspecified atom stereocenters. The first kappa shape index (κ1) is 17.7. The first-order valence-electron chi connectivity index (χ1n) is 9.76. The molecule has 1 amide bonds. The Bertz CT molecular complexity index is 921. The van der Waals surface area contributed by atoms with E-state index in [1.807, 2.05) is 29.2 Å². The van der Waals surface area contributed by atoms with Gasteiger partial charge in [0.15, 0.2) is 5.69 Å². The quantitative estimate of drug-likeness (QED) is 0.747. The number of amides is 1. The van der Waals surface area contributed by atoms with Crippen LogP contribution in [-0.4, -0.2) is 47.2 Å². The summed E-state index contributed by atoms with van der Waals surface area (Å²) in [5.74, 6) is 0.604. The summed E-state index contributed by atoms with van der Waals surface area (Å²) < 4.78 is 0. The fraction of sp³-hybridized carbons (Fsp3) is 0.364. The molecule has 1 aliphatic heterocycles. The molecule has 2 heterocycles. The molecule has 1 fully saturated rings. The number of piperazine rings is 1. The molecule has 1 saturated heterocycles. The van der Waals surface area contributed by atoms with Crippen LogP contribution in [0.15, 0.2) is 48.5 Å². The summed E-state index contributed by atoms with van der Waals surface area (Å²) in [6.45, 7) is 8.96. The SMILES string of the molecule is CC(C)c1ccc(C[NH+]2CCN(C(=O)c3n[nH]c4ccccc34)CC2)cc1. The van der Waals surface area contributed by atoms with Gasteiger partial charge >= 0.3 is 0 Å². The molecule has 2 aromatic carbocycles. The monoisotopic (exact) mass is 363 g/mol. The van der Waals surface area contributed by atoms with Crippen LogP contribution in [0.4, 0.5) is 0 Å². The Morgan fingerprint density at radius 1 is 1.11 bits per heavy atom. The van der Waals surface area contributed by atoms with Gasteiger partial charge in [0, 0.05) is 10.9 Å². The van der Waals surface area contributed by atoms with Crippen LogP contribution in [0.2, 0.25) is 0 Å². The molecule has 0 atom stereocenters. The first-order chi connectivity index (χ1) is 13.1. The third-order valence-electron chi connectivity index (χ3n) is 5.53. The Balaban J connectivity index is 1.36. The fourth-order valence-corrected chi connectivity index (χ4v) is 3.79. The van der Waals surface area contributed by atoms with Gasteiger partial charge in [0.1, 0.15) is 6.54 Å².